The first-order chi connectivity index (χ1) is 10.1. The highest BCUT2D eigenvalue weighted by Crippen LogP contribution is 2.50. The van der Waals surface area contributed by atoms with Gasteiger partial charge in [0.05, 0.1) is 12.7 Å². The third-order valence-electron chi connectivity index (χ3n) is 5.21. The maximum Gasteiger partial charge on any atom is 0.219 e. The molecule has 21 heavy (non-hydrogen) atoms. The number of aliphatic hydroxyl groups is 1. The van der Waals surface area contributed by atoms with Crippen LogP contribution in [0.25, 0.3) is 0 Å². The molecule has 3 rings (SSSR count). The first-order valence-corrected chi connectivity index (χ1v) is 7.67. The van der Waals surface area contributed by atoms with E-state index in [-0.39, 0.29) is 11.8 Å². The highest BCUT2D eigenvalue weighted by Gasteiger charge is 2.51. The van der Waals surface area contributed by atoms with Crippen LogP contribution >= 0.6 is 0 Å². The number of fused-ring (bicyclic) bond motifs is 1. The second-order valence-corrected chi connectivity index (χ2v) is 6.31. The van der Waals surface area contributed by atoms with E-state index in [2.05, 4.69) is 0 Å². The number of hydrogen-bond acceptors (Lipinski definition) is 3. The molecule has 3 atom stereocenters. The van der Waals surface area contributed by atoms with Gasteiger partial charge in [-0.15, -0.1) is 0 Å². The molecule has 0 spiro atoms. The maximum atomic E-state index is 11.7. The third-order valence-corrected chi connectivity index (χ3v) is 5.21. The average Bonchev–Trinajstić information content (AvgIpc) is 2.93. The van der Waals surface area contributed by atoms with Gasteiger partial charge in [-0.25, -0.2) is 0 Å². The van der Waals surface area contributed by atoms with Crippen LogP contribution in [0.4, 0.5) is 0 Å². The summed E-state index contributed by atoms with van der Waals surface area (Å²) in [6.07, 6.45) is 2.81. The lowest BCUT2D eigenvalue weighted by Crippen LogP contribution is -2.43. The SMILES string of the molecule is COc1ccccc1[C@]1(O)CCC[C@@H]2CN(C(C)=O)C[C@@H]21. The van der Waals surface area contributed by atoms with E-state index < -0.39 is 5.60 Å². The summed E-state index contributed by atoms with van der Waals surface area (Å²) >= 11 is 0. The number of carbonyl (C=O) groups excluding carboxylic acids is 1. The number of benzene rings is 1. The molecule has 1 aromatic carbocycles. The zero-order chi connectivity index (χ0) is 15.0. The van der Waals surface area contributed by atoms with E-state index in [4.69, 9.17) is 4.74 Å². The molecule has 0 bridgehead atoms. The Hall–Kier alpha value is -1.55. The normalized spacial score (nSPS) is 31.9. The van der Waals surface area contributed by atoms with Crippen LogP contribution in [-0.2, 0) is 10.4 Å². The summed E-state index contributed by atoms with van der Waals surface area (Å²) in [6, 6.07) is 7.71. The molecule has 1 aromatic rings. The van der Waals surface area contributed by atoms with E-state index in [9.17, 15) is 9.90 Å². The van der Waals surface area contributed by atoms with Gasteiger partial charge in [0.15, 0.2) is 0 Å². The van der Waals surface area contributed by atoms with Gasteiger partial charge in [-0.1, -0.05) is 18.2 Å². The van der Waals surface area contributed by atoms with Crippen molar-refractivity contribution in [2.45, 2.75) is 31.8 Å². The van der Waals surface area contributed by atoms with E-state index in [0.29, 0.717) is 12.5 Å². The zero-order valence-electron chi connectivity index (χ0n) is 12.7. The van der Waals surface area contributed by atoms with Gasteiger partial charge in [-0.2, -0.15) is 0 Å². The number of carbonyl (C=O) groups is 1. The Bertz CT molecular complexity index is 545. The molecule has 0 unspecified atom stereocenters. The highest BCUT2D eigenvalue weighted by molar-refractivity contribution is 5.73. The molecule has 1 aliphatic heterocycles. The first-order valence-electron chi connectivity index (χ1n) is 7.67. The zero-order valence-corrected chi connectivity index (χ0v) is 12.7. The minimum absolute atomic E-state index is 0.103. The highest BCUT2D eigenvalue weighted by atomic mass is 16.5. The second kappa shape index (κ2) is 5.34. The van der Waals surface area contributed by atoms with E-state index in [1.807, 2.05) is 29.2 Å². The summed E-state index contributed by atoms with van der Waals surface area (Å²) in [5, 5.41) is 11.4. The van der Waals surface area contributed by atoms with Crippen molar-refractivity contribution in [2.24, 2.45) is 11.8 Å². The molecule has 114 valence electrons. The Morgan fingerprint density at radius 2 is 2.14 bits per heavy atom. The lowest BCUT2D eigenvalue weighted by molar-refractivity contribution is -0.128. The number of ether oxygens (including phenoxy) is 1. The van der Waals surface area contributed by atoms with Crippen molar-refractivity contribution in [3.05, 3.63) is 29.8 Å². The molecule has 4 nitrogen and oxygen atoms in total. The maximum absolute atomic E-state index is 11.7. The molecule has 2 fully saturated rings. The summed E-state index contributed by atoms with van der Waals surface area (Å²) in [5.74, 6) is 1.33. The van der Waals surface area contributed by atoms with Crippen LogP contribution in [0.3, 0.4) is 0 Å². The van der Waals surface area contributed by atoms with Gasteiger partial charge in [0.2, 0.25) is 5.91 Å². The summed E-state index contributed by atoms with van der Waals surface area (Å²) in [4.78, 5) is 13.6. The van der Waals surface area contributed by atoms with Crippen LogP contribution in [0.15, 0.2) is 24.3 Å². The quantitative estimate of drug-likeness (QED) is 0.907. The van der Waals surface area contributed by atoms with Crippen LogP contribution in [0.2, 0.25) is 0 Å². The lowest BCUT2D eigenvalue weighted by Gasteiger charge is -2.41. The summed E-state index contributed by atoms with van der Waals surface area (Å²) < 4.78 is 5.45. The van der Waals surface area contributed by atoms with Crippen LogP contribution in [0.5, 0.6) is 5.75 Å². The number of rotatable bonds is 2. The molecule has 1 saturated carbocycles. The van der Waals surface area contributed by atoms with Gasteiger partial charge in [0.1, 0.15) is 5.75 Å². The molecule has 1 aliphatic carbocycles. The van der Waals surface area contributed by atoms with Gasteiger partial charge >= 0.3 is 0 Å². The molecule has 1 heterocycles. The Labute approximate surface area is 125 Å². The van der Waals surface area contributed by atoms with Crippen LogP contribution in [0.1, 0.15) is 31.7 Å². The molecule has 0 radical (unpaired) electrons. The van der Waals surface area contributed by atoms with E-state index in [1.54, 1.807) is 14.0 Å². The van der Waals surface area contributed by atoms with Crippen molar-refractivity contribution >= 4 is 5.91 Å². The third kappa shape index (κ3) is 2.31. The topological polar surface area (TPSA) is 49.8 Å². The number of nitrogens with zero attached hydrogens (tertiary/aromatic N) is 1. The van der Waals surface area contributed by atoms with Gasteiger partial charge in [-0.05, 0) is 31.2 Å². The predicted octanol–water partition coefficient (Wildman–Crippen LogP) is 2.16. The summed E-state index contributed by atoms with van der Waals surface area (Å²) in [7, 11) is 1.64. The minimum atomic E-state index is -0.889. The van der Waals surface area contributed by atoms with Crippen molar-refractivity contribution in [2.75, 3.05) is 20.2 Å². The number of amides is 1. The number of likely N-dealkylation sites (tertiary alicyclic amines) is 1. The summed E-state index contributed by atoms with van der Waals surface area (Å²) in [5.41, 5.74) is -0.0210. The molecule has 1 N–H and O–H groups in total. The Morgan fingerprint density at radius 3 is 2.86 bits per heavy atom. The predicted molar refractivity (Wildman–Crippen MR) is 80.0 cm³/mol. The van der Waals surface area contributed by atoms with E-state index in [0.717, 1.165) is 37.1 Å². The van der Waals surface area contributed by atoms with Gasteiger partial charge in [-0.3, -0.25) is 4.79 Å². The van der Waals surface area contributed by atoms with Crippen molar-refractivity contribution in [3.8, 4) is 5.75 Å². The fourth-order valence-electron chi connectivity index (χ4n) is 4.12. The number of hydrogen-bond donors (Lipinski definition) is 1. The molecule has 2 aliphatic rings. The molecule has 1 amide bonds. The minimum Gasteiger partial charge on any atom is -0.496 e. The molecule has 4 heteroatoms. The Kier molecular flexibility index (Phi) is 3.66. The van der Waals surface area contributed by atoms with Crippen molar-refractivity contribution in [3.63, 3.8) is 0 Å². The smallest absolute Gasteiger partial charge is 0.219 e. The van der Waals surface area contributed by atoms with Gasteiger partial charge < -0.3 is 14.7 Å². The van der Waals surface area contributed by atoms with Crippen LogP contribution in [0, 0.1) is 11.8 Å². The van der Waals surface area contributed by atoms with Crippen molar-refractivity contribution < 1.29 is 14.6 Å². The van der Waals surface area contributed by atoms with Crippen LogP contribution < -0.4 is 4.74 Å². The van der Waals surface area contributed by atoms with E-state index >= 15 is 0 Å². The van der Waals surface area contributed by atoms with Crippen LogP contribution in [-0.4, -0.2) is 36.1 Å². The Balaban J connectivity index is 1.97. The van der Waals surface area contributed by atoms with Gasteiger partial charge in [0, 0.05) is 31.5 Å². The number of methoxy groups -OCH3 is 1. The lowest BCUT2D eigenvalue weighted by atomic mass is 9.67. The first kappa shape index (κ1) is 14.4. The molecular formula is C17H23NO3. The average molecular weight is 289 g/mol. The largest absolute Gasteiger partial charge is 0.496 e. The fraction of sp³-hybridized carbons (Fsp3) is 0.588. The Morgan fingerprint density at radius 1 is 1.38 bits per heavy atom. The fourth-order valence-corrected chi connectivity index (χ4v) is 4.12. The summed E-state index contributed by atoms with van der Waals surface area (Å²) in [6.45, 7) is 3.03. The second-order valence-electron chi connectivity index (χ2n) is 6.31. The van der Waals surface area contributed by atoms with Crippen molar-refractivity contribution in [1.29, 1.82) is 0 Å². The molecule has 1 saturated heterocycles. The number of para-hydroxylation sites is 1. The standard InChI is InChI=1S/C17H23NO3/c1-12(19)18-10-13-6-5-9-17(20,15(13)11-18)14-7-3-4-8-16(14)21-2/h3-4,7-8,13,15,20H,5-6,9-11H2,1-2H3/t13-,15+,17-/m1/s1. The van der Waals surface area contributed by atoms with Gasteiger partial charge in [0.25, 0.3) is 0 Å². The van der Waals surface area contributed by atoms with Crippen molar-refractivity contribution in [1.82, 2.24) is 4.90 Å². The molecule has 0 aromatic heterocycles. The van der Waals surface area contributed by atoms with E-state index in [1.165, 1.54) is 0 Å². The molecular weight excluding hydrogens is 266 g/mol. The monoisotopic (exact) mass is 289 g/mol.